The van der Waals surface area contributed by atoms with E-state index < -0.39 is 5.91 Å². The van der Waals surface area contributed by atoms with Crippen molar-refractivity contribution in [1.29, 1.82) is 0 Å². The predicted octanol–water partition coefficient (Wildman–Crippen LogP) is 3.69. The Bertz CT molecular complexity index is 1050. The number of ketones is 1. The van der Waals surface area contributed by atoms with E-state index in [9.17, 15) is 9.59 Å². The summed E-state index contributed by atoms with van der Waals surface area (Å²) in [5.41, 5.74) is 1.98. The third-order valence-corrected chi connectivity index (χ3v) is 4.08. The summed E-state index contributed by atoms with van der Waals surface area (Å²) < 4.78 is 10.4. The lowest BCUT2D eigenvalue weighted by Gasteiger charge is -2.11. The van der Waals surface area contributed by atoms with Gasteiger partial charge in [-0.25, -0.2) is 9.97 Å². The van der Waals surface area contributed by atoms with Gasteiger partial charge in [0.15, 0.2) is 17.3 Å². The number of hydrogen-bond acceptors (Lipinski definition) is 7. The van der Waals surface area contributed by atoms with Crippen molar-refractivity contribution >= 4 is 28.9 Å². The van der Waals surface area contributed by atoms with Gasteiger partial charge in [0, 0.05) is 29.1 Å². The fraction of sp³-hybridized carbons (Fsp3) is 0.143. The van der Waals surface area contributed by atoms with Crippen molar-refractivity contribution in [2.75, 3.05) is 24.9 Å². The Labute approximate surface area is 167 Å². The number of methoxy groups -OCH3 is 2. The summed E-state index contributed by atoms with van der Waals surface area (Å²) in [6, 6.07) is 13.6. The first kappa shape index (κ1) is 19.8. The van der Waals surface area contributed by atoms with E-state index in [4.69, 9.17) is 9.47 Å². The topological polar surface area (TPSA) is 102 Å². The van der Waals surface area contributed by atoms with Crippen LogP contribution in [0.25, 0.3) is 0 Å². The Balaban J connectivity index is 1.76. The van der Waals surface area contributed by atoms with Gasteiger partial charge in [-0.2, -0.15) is 0 Å². The second kappa shape index (κ2) is 8.83. The second-order valence-electron chi connectivity index (χ2n) is 6.07. The van der Waals surface area contributed by atoms with E-state index in [0.717, 1.165) is 0 Å². The number of nitrogens with zero attached hydrogens (tertiary/aromatic N) is 2. The van der Waals surface area contributed by atoms with E-state index in [1.165, 1.54) is 33.5 Å². The molecule has 1 heterocycles. The molecule has 0 unspecified atom stereocenters. The number of aromatic nitrogens is 2. The summed E-state index contributed by atoms with van der Waals surface area (Å²) in [6.45, 7) is 1.50. The van der Waals surface area contributed by atoms with Crippen LogP contribution < -0.4 is 20.1 Å². The summed E-state index contributed by atoms with van der Waals surface area (Å²) >= 11 is 0. The summed E-state index contributed by atoms with van der Waals surface area (Å²) in [7, 11) is 3.06. The number of nitrogens with one attached hydrogen (secondary N) is 2. The summed E-state index contributed by atoms with van der Waals surface area (Å²) in [5, 5.41) is 5.83. The van der Waals surface area contributed by atoms with E-state index in [1.807, 2.05) is 0 Å². The van der Waals surface area contributed by atoms with Gasteiger partial charge in [0.05, 0.1) is 14.2 Å². The molecule has 2 aromatic carbocycles. The van der Waals surface area contributed by atoms with Crippen molar-refractivity contribution in [1.82, 2.24) is 9.97 Å². The average Bonchev–Trinajstić information content (AvgIpc) is 2.74. The molecule has 1 aromatic heterocycles. The highest BCUT2D eigenvalue weighted by molar-refractivity contribution is 6.03. The van der Waals surface area contributed by atoms with Gasteiger partial charge in [-0.15, -0.1) is 0 Å². The Morgan fingerprint density at radius 3 is 2.41 bits per heavy atom. The Morgan fingerprint density at radius 1 is 0.897 bits per heavy atom. The molecule has 1 amide bonds. The van der Waals surface area contributed by atoms with Crippen LogP contribution in [0.15, 0.2) is 54.9 Å². The lowest BCUT2D eigenvalue weighted by Crippen LogP contribution is -2.14. The summed E-state index contributed by atoms with van der Waals surface area (Å²) in [6.07, 6.45) is 1.29. The maximum atomic E-state index is 12.6. The molecule has 0 aliphatic rings. The third-order valence-electron chi connectivity index (χ3n) is 4.08. The minimum Gasteiger partial charge on any atom is -0.493 e. The molecule has 8 nitrogen and oxygen atoms in total. The molecule has 0 spiro atoms. The van der Waals surface area contributed by atoms with E-state index in [1.54, 1.807) is 42.5 Å². The van der Waals surface area contributed by atoms with Gasteiger partial charge >= 0.3 is 0 Å². The van der Waals surface area contributed by atoms with Crippen LogP contribution in [0, 0.1) is 0 Å². The van der Waals surface area contributed by atoms with Crippen LogP contribution in [0.3, 0.4) is 0 Å². The first-order valence-electron chi connectivity index (χ1n) is 8.73. The first-order valence-corrected chi connectivity index (χ1v) is 8.73. The molecule has 8 heteroatoms. The SMILES string of the molecule is COc1ccc(NC(=O)c2cc(Nc3cccc(C(C)=O)c3)ncn2)cc1OC. The number of ether oxygens (including phenoxy) is 2. The van der Waals surface area contributed by atoms with Crippen molar-refractivity contribution in [2.24, 2.45) is 0 Å². The second-order valence-corrected chi connectivity index (χ2v) is 6.07. The number of anilines is 3. The molecule has 0 saturated heterocycles. The summed E-state index contributed by atoms with van der Waals surface area (Å²) in [4.78, 5) is 32.3. The number of Topliss-reactive ketones (excluding diaryl/α,β-unsaturated/α-hetero) is 1. The molecule has 148 valence electrons. The maximum absolute atomic E-state index is 12.6. The zero-order chi connectivity index (χ0) is 20.8. The molecule has 2 N–H and O–H groups in total. The van der Waals surface area contributed by atoms with Crippen LogP contribution in [0.1, 0.15) is 27.8 Å². The minimum atomic E-state index is -0.403. The number of benzene rings is 2. The van der Waals surface area contributed by atoms with E-state index >= 15 is 0 Å². The number of hydrogen-bond donors (Lipinski definition) is 2. The van der Waals surface area contributed by atoms with Gasteiger partial charge in [-0.1, -0.05) is 12.1 Å². The number of rotatable bonds is 7. The Morgan fingerprint density at radius 2 is 1.69 bits per heavy atom. The molecule has 3 aromatic rings. The lowest BCUT2D eigenvalue weighted by atomic mass is 10.1. The zero-order valence-corrected chi connectivity index (χ0v) is 16.2. The maximum Gasteiger partial charge on any atom is 0.274 e. The van der Waals surface area contributed by atoms with Crippen molar-refractivity contribution < 1.29 is 19.1 Å². The predicted molar refractivity (Wildman–Crippen MR) is 109 cm³/mol. The van der Waals surface area contributed by atoms with Crippen LogP contribution in [-0.2, 0) is 0 Å². The third kappa shape index (κ3) is 4.86. The highest BCUT2D eigenvalue weighted by Crippen LogP contribution is 2.30. The van der Waals surface area contributed by atoms with Gasteiger partial charge in [0.25, 0.3) is 5.91 Å². The molecular weight excluding hydrogens is 372 g/mol. The first-order chi connectivity index (χ1) is 14.0. The molecule has 0 bridgehead atoms. The fourth-order valence-corrected chi connectivity index (χ4v) is 2.62. The standard InChI is InChI=1S/C21H20N4O4/c1-13(26)14-5-4-6-15(9-14)24-20-11-17(22-12-23-20)21(27)25-16-7-8-18(28-2)19(10-16)29-3/h4-12H,1-3H3,(H,25,27)(H,22,23,24). The van der Waals surface area contributed by atoms with Crippen LogP contribution in [-0.4, -0.2) is 35.9 Å². The van der Waals surface area contributed by atoms with Crippen molar-refractivity contribution in [3.8, 4) is 11.5 Å². The van der Waals surface area contributed by atoms with Gasteiger partial charge in [0.1, 0.15) is 17.8 Å². The minimum absolute atomic E-state index is 0.0358. The quantitative estimate of drug-likeness (QED) is 0.591. The van der Waals surface area contributed by atoms with Crippen LogP contribution >= 0.6 is 0 Å². The number of carbonyl (C=O) groups is 2. The van der Waals surface area contributed by atoms with Gasteiger partial charge in [0.2, 0.25) is 0 Å². The average molecular weight is 392 g/mol. The Kier molecular flexibility index (Phi) is 6.03. The van der Waals surface area contributed by atoms with Crippen molar-refractivity contribution in [2.45, 2.75) is 6.92 Å². The molecular formula is C21H20N4O4. The summed E-state index contributed by atoms with van der Waals surface area (Å²) in [5.74, 6) is 1.05. The van der Waals surface area contributed by atoms with Gasteiger partial charge in [-0.05, 0) is 31.2 Å². The van der Waals surface area contributed by atoms with Crippen molar-refractivity contribution in [3.05, 3.63) is 66.1 Å². The Hall–Kier alpha value is -3.94. The van der Waals surface area contributed by atoms with Gasteiger partial charge in [-0.3, -0.25) is 9.59 Å². The largest absolute Gasteiger partial charge is 0.493 e. The van der Waals surface area contributed by atoms with Gasteiger partial charge < -0.3 is 20.1 Å². The zero-order valence-electron chi connectivity index (χ0n) is 16.2. The van der Waals surface area contributed by atoms with Crippen LogP contribution in [0.5, 0.6) is 11.5 Å². The molecule has 29 heavy (non-hydrogen) atoms. The van der Waals surface area contributed by atoms with E-state index in [0.29, 0.717) is 34.3 Å². The number of carbonyl (C=O) groups excluding carboxylic acids is 2. The fourth-order valence-electron chi connectivity index (χ4n) is 2.62. The van der Waals surface area contributed by atoms with Crippen molar-refractivity contribution in [3.63, 3.8) is 0 Å². The van der Waals surface area contributed by atoms with Crippen LogP contribution in [0.2, 0.25) is 0 Å². The van der Waals surface area contributed by atoms with E-state index in [2.05, 4.69) is 20.6 Å². The lowest BCUT2D eigenvalue weighted by molar-refractivity contribution is 0.101. The molecule has 0 fully saturated rings. The molecule has 0 aliphatic carbocycles. The molecule has 0 saturated carbocycles. The number of amides is 1. The molecule has 3 rings (SSSR count). The monoisotopic (exact) mass is 392 g/mol. The van der Waals surface area contributed by atoms with Crippen LogP contribution in [0.4, 0.5) is 17.2 Å². The molecule has 0 radical (unpaired) electrons. The normalized spacial score (nSPS) is 10.2. The van der Waals surface area contributed by atoms with E-state index in [-0.39, 0.29) is 11.5 Å². The smallest absolute Gasteiger partial charge is 0.274 e. The molecule has 0 atom stereocenters. The highest BCUT2D eigenvalue weighted by atomic mass is 16.5. The molecule has 0 aliphatic heterocycles. The highest BCUT2D eigenvalue weighted by Gasteiger charge is 2.12.